The maximum atomic E-state index is 13.1. The zero-order chi connectivity index (χ0) is 21.8. The molecule has 4 rings (SSSR count). The van der Waals surface area contributed by atoms with Crippen LogP contribution in [0.1, 0.15) is 35.4 Å². The van der Waals surface area contributed by atoms with Gasteiger partial charge in [0.1, 0.15) is 9.77 Å². The summed E-state index contributed by atoms with van der Waals surface area (Å²) in [7, 11) is -2.12. The lowest BCUT2D eigenvalue weighted by Crippen LogP contribution is -2.38. The summed E-state index contributed by atoms with van der Waals surface area (Å²) in [6.07, 6.45) is 4.45. The van der Waals surface area contributed by atoms with Gasteiger partial charge in [-0.3, -0.25) is 4.79 Å². The Morgan fingerprint density at radius 2 is 1.87 bits per heavy atom. The molecular formula is C21H26N2O5S3. The van der Waals surface area contributed by atoms with Crippen LogP contribution in [0, 0.1) is 0 Å². The van der Waals surface area contributed by atoms with Gasteiger partial charge in [-0.25, -0.2) is 8.42 Å². The minimum absolute atomic E-state index is 0.0674. The molecule has 0 radical (unpaired) electrons. The number of hydrogen-bond acceptors (Lipinski definition) is 7. The maximum Gasteiger partial charge on any atom is 0.267 e. The van der Waals surface area contributed by atoms with Crippen LogP contribution in [0.25, 0.3) is 0 Å². The van der Waals surface area contributed by atoms with Gasteiger partial charge in [0.25, 0.3) is 5.91 Å². The van der Waals surface area contributed by atoms with Gasteiger partial charge in [0.05, 0.1) is 13.2 Å². The smallest absolute Gasteiger partial charge is 0.267 e. The SMILES string of the molecule is COc1ccc(NC(=O)c2sccc2S(=O)(=O)N2CCSCC2)cc1OC1CCCC1. The van der Waals surface area contributed by atoms with Crippen molar-refractivity contribution in [1.82, 2.24) is 4.31 Å². The summed E-state index contributed by atoms with van der Waals surface area (Å²) < 4.78 is 39.1. The summed E-state index contributed by atoms with van der Waals surface area (Å²) >= 11 is 2.86. The minimum Gasteiger partial charge on any atom is -0.493 e. The average molecular weight is 483 g/mol. The molecule has 1 saturated heterocycles. The Bertz CT molecular complexity index is 1030. The molecule has 1 aromatic heterocycles. The molecule has 0 spiro atoms. The molecule has 1 saturated carbocycles. The molecule has 31 heavy (non-hydrogen) atoms. The molecular weight excluding hydrogens is 456 g/mol. The van der Waals surface area contributed by atoms with E-state index in [1.54, 1.807) is 42.5 Å². The molecule has 10 heteroatoms. The van der Waals surface area contributed by atoms with Crippen LogP contribution in [0.15, 0.2) is 34.5 Å². The molecule has 0 bridgehead atoms. The van der Waals surface area contributed by atoms with E-state index in [1.807, 2.05) is 0 Å². The lowest BCUT2D eigenvalue weighted by atomic mass is 10.2. The van der Waals surface area contributed by atoms with Gasteiger partial charge in [-0.1, -0.05) is 0 Å². The van der Waals surface area contributed by atoms with E-state index in [0.29, 0.717) is 30.3 Å². The maximum absolute atomic E-state index is 13.1. The van der Waals surface area contributed by atoms with Crippen LogP contribution in [0.2, 0.25) is 0 Å². The van der Waals surface area contributed by atoms with Crippen LogP contribution in [-0.2, 0) is 10.0 Å². The van der Waals surface area contributed by atoms with Gasteiger partial charge in [0.15, 0.2) is 11.5 Å². The summed E-state index contributed by atoms with van der Waals surface area (Å²) in [4.78, 5) is 13.2. The molecule has 0 atom stereocenters. The Morgan fingerprint density at radius 3 is 2.58 bits per heavy atom. The number of hydrogen-bond donors (Lipinski definition) is 1. The quantitative estimate of drug-likeness (QED) is 0.640. The summed E-state index contributed by atoms with van der Waals surface area (Å²) in [5.41, 5.74) is 0.532. The van der Waals surface area contributed by atoms with E-state index >= 15 is 0 Å². The van der Waals surface area contributed by atoms with Crippen molar-refractivity contribution in [2.45, 2.75) is 36.7 Å². The Hall–Kier alpha value is -1.75. The molecule has 2 fully saturated rings. The van der Waals surface area contributed by atoms with Gasteiger partial charge >= 0.3 is 0 Å². The number of carbonyl (C=O) groups is 1. The van der Waals surface area contributed by atoms with Crippen molar-refractivity contribution in [3.8, 4) is 11.5 Å². The molecule has 1 aliphatic carbocycles. The fourth-order valence-electron chi connectivity index (χ4n) is 3.81. The third-order valence-electron chi connectivity index (χ3n) is 5.44. The number of amides is 1. The third kappa shape index (κ3) is 5.02. The van der Waals surface area contributed by atoms with Gasteiger partial charge in [-0.05, 0) is 49.3 Å². The van der Waals surface area contributed by atoms with Crippen molar-refractivity contribution in [1.29, 1.82) is 0 Å². The number of sulfonamides is 1. The van der Waals surface area contributed by atoms with E-state index in [-0.39, 0.29) is 15.9 Å². The number of nitrogens with one attached hydrogen (secondary N) is 1. The molecule has 0 unspecified atom stereocenters. The second-order valence-corrected chi connectivity index (χ2v) is 11.5. The van der Waals surface area contributed by atoms with E-state index in [4.69, 9.17) is 9.47 Å². The van der Waals surface area contributed by atoms with Crippen molar-refractivity contribution in [3.05, 3.63) is 34.5 Å². The van der Waals surface area contributed by atoms with Gasteiger partial charge in [-0.15, -0.1) is 11.3 Å². The average Bonchev–Trinajstić information content (AvgIpc) is 3.47. The Morgan fingerprint density at radius 1 is 1.13 bits per heavy atom. The highest BCUT2D eigenvalue weighted by Gasteiger charge is 2.31. The molecule has 1 N–H and O–H groups in total. The Labute approximate surface area is 191 Å². The topological polar surface area (TPSA) is 84.9 Å². The highest BCUT2D eigenvalue weighted by molar-refractivity contribution is 7.99. The van der Waals surface area contributed by atoms with E-state index in [2.05, 4.69) is 5.32 Å². The van der Waals surface area contributed by atoms with Crippen LogP contribution in [0.3, 0.4) is 0 Å². The number of benzene rings is 1. The molecule has 2 aromatic rings. The first kappa shape index (κ1) is 22.4. The van der Waals surface area contributed by atoms with Gasteiger partial charge in [-0.2, -0.15) is 16.1 Å². The number of anilines is 1. The van der Waals surface area contributed by atoms with E-state index in [0.717, 1.165) is 48.5 Å². The molecule has 2 aliphatic rings. The lowest BCUT2D eigenvalue weighted by molar-refractivity contribution is 0.102. The van der Waals surface area contributed by atoms with Crippen LogP contribution in [0.5, 0.6) is 11.5 Å². The Balaban J connectivity index is 1.53. The van der Waals surface area contributed by atoms with Crippen molar-refractivity contribution >= 4 is 44.7 Å². The highest BCUT2D eigenvalue weighted by Crippen LogP contribution is 2.34. The lowest BCUT2D eigenvalue weighted by Gasteiger charge is -2.25. The van der Waals surface area contributed by atoms with Gasteiger partial charge in [0.2, 0.25) is 10.0 Å². The molecule has 2 heterocycles. The normalized spacial score (nSPS) is 18.1. The van der Waals surface area contributed by atoms with E-state index in [1.165, 1.54) is 10.4 Å². The number of methoxy groups -OCH3 is 1. The minimum atomic E-state index is -3.70. The van der Waals surface area contributed by atoms with E-state index < -0.39 is 15.9 Å². The standard InChI is InChI=1S/C21H26N2O5S3/c1-27-17-7-6-15(14-18(17)28-16-4-2-3-5-16)22-21(24)20-19(8-11-30-20)31(25,26)23-9-12-29-13-10-23/h6-8,11,14,16H,2-5,9-10,12-13H2,1H3,(H,22,24). The molecule has 168 valence electrons. The van der Waals surface area contributed by atoms with Crippen molar-refractivity contribution in [2.75, 3.05) is 37.0 Å². The molecule has 7 nitrogen and oxygen atoms in total. The Kier molecular flexibility index (Phi) is 7.10. The summed E-state index contributed by atoms with van der Waals surface area (Å²) in [5.74, 6) is 2.27. The number of carbonyl (C=O) groups excluding carboxylic acids is 1. The van der Waals surface area contributed by atoms with Crippen LogP contribution in [-0.4, -0.2) is 56.4 Å². The third-order valence-corrected chi connectivity index (χ3v) is 9.37. The van der Waals surface area contributed by atoms with Crippen LogP contribution in [0.4, 0.5) is 5.69 Å². The monoisotopic (exact) mass is 482 g/mol. The summed E-state index contributed by atoms with van der Waals surface area (Å²) in [6.45, 7) is 0.925. The fourth-order valence-corrected chi connectivity index (χ4v) is 7.68. The second kappa shape index (κ2) is 9.81. The predicted molar refractivity (Wildman–Crippen MR) is 124 cm³/mol. The first-order valence-electron chi connectivity index (χ1n) is 10.3. The van der Waals surface area contributed by atoms with Crippen LogP contribution < -0.4 is 14.8 Å². The van der Waals surface area contributed by atoms with Crippen molar-refractivity contribution in [3.63, 3.8) is 0 Å². The highest BCUT2D eigenvalue weighted by atomic mass is 32.2. The first-order chi connectivity index (χ1) is 15.0. The number of rotatable bonds is 7. The van der Waals surface area contributed by atoms with Crippen LogP contribution >= 0.6 is 23.1 Å². The molecule has 1 aliphatic heterocycles. The largest absolute Gasteiger partial charge is 0.493 e. The van der Waals surface area contributed by atoms with E-state index in [9.17, 15) is 13.2 Å². The summed E-state index contributed by atoms with van der Waals surface area (Å²) in [5, 5.41) is 4.47. The van der Waals surface area contributed by atoms with Gasteiger partial charge in [0, 0.05) is 36.3 Å². The van der Waals surface area contributed by atoms with Crippen molar-refractivity contribution in [2.24, 2.45) is 0 Å². The zero-order valence-electron chi connectivity index (χ0n) is 17.3. The number of thiophene rings is 1. The number of nitrogens with zero attached hydrogens (tertiary/aromatic N) is 1. The number of ether oxygens (including phenoxy) is 2. The first-order valence-corrected chi connectivity index (χ1v) is 13.8. The predicted octanol–water partition coefficient (Wildman–Crippen LogP) is 4.07. The fraction of sp³-hybridized carbons (Fsp3) is 0.476. The molecule has 1 amide bonds. The molecule has 1 aromatic carbocycles. The zero-order valence-corrected chi connectivity index (χ0v) is 19.8. The summed E-state index contributed by atoms with van der Waals surface area (Å²) in [6, 6.07) is 6.72. The van der Waals surface area contributed by atoms with Gasteiger partial charge < -0.3 is 14.8 Å². The van der Waals surface area contributed by atoms with Crippen molar-refractivity contribution < 1.29 is 22.7 Å². The second-order valence-electron chi connectivity index (χ2n) is 7.47. The number of thioether (sulfide) groups is 1.